The normalized spacial score (nSPS) is 20.1. The Balaban J connectivity index is 0.000000223. The van der Waals surface area contributed by atoms with Crippen molar-refractivity contribution in [1.82, 2.24) is 0 Å². The van der Waals surface area contributed by atoms with Gasteiger partial charge in [-0.05, 0) is 307 Å². The summed E-state index contributed by atoms with van der Waals surface area (Å²) in [5.41, 5.74) is 4.77. The SMILES string of the molecule is CC(C)(C)c1ccc([I+]c2ccc(C(C)(C)C)cc2)cc1.CC(C)(C)c1ccc([S+](c2ccc(OC(C(C)(F)F)C(F)(F)F)cc2)c2ccc(C(C)(C)C)cc2)cc1.CC(CCC(=O)OC(C(F)(F)F)C(F)(F)S(=O)(=O)[O-])[C@H]1CC[C@H]2[C@@H]3C(=O)C[C@@H]4CC(=O)CC[C@]4(C)[C@H]3CC(=O)[C@]12C.CC(OC(=O)CCCOC(=O)c1cc(I)cc(I)c1I)C(F)(F)S(=O)(=O)[O-].Fc1ccc([I+]c2ccccc2)cc1. The number of alkyl halides is 12. The number of ether oxygens (including phenoxy) is 4. The molecule has 4 saturated carbocycles. The third-order valence-corrected chi connectivity index (χ3v) is 38.5. The first kappa shape index (κ1) is 119. The van der Waals surface area contributed by atoms with Crippen LogP contribution in [0.2, 0.25) is 0 Å². The lowest BCUT2D eigenvalue weighted by Crippen LogP contribution is -3.61. The molecule has 0 aliphatic heterocycles. The Labute approximate surface area is 875 Å². The minimum Gasteiger partial charge on any atom is -0.743 e. The van der Waals surface area contributed by atoms with Crippen LogP contribution in [0.1, 0.15) is 221 Å². The average molecular weight is 2590 g/mol. The largest absolute Gasteiger partial charge is 0.743 e. The molecule has 11 atom stereocenters. The van der Waals surface area contributed by atoms with E-state index in [1.807, 2.05) is 59.0 Å². The fourth-order valence-corrected chi connectivity index (χ4v) is 27.0. The molecular weight excluding hydrogens is 2470 g/mol. The zero-order chi connectivity index (χ0) is 105. The fourth-order valence-electron chi connectivity index (χ4n) is 17.4. The van der Waals surface area contributed by atoms with E-state index in [2.05, 4.69) is 254 Å². The summed E-state index contributed by atoms with van der Waals surface area (Å²) in [7, 11) is -13.3. The van der Waals surface area contributed by atoms with Crippen molar-refractivity contribution in [2.24, 2.45) is 46.3 Å². The number of fused-ring (bicyclic) bond motifs is 5. The van der Waals surface area contributed by atoms with Gasteiger partial charge in [-0.3, -0.25) is 24.0 Å². The lowest BCUT2D eigenvalue weighted by atomic mass is 9.44. The highest BCUT2D eigenvalue weighted by molar-refractivity contribution is 14.1. The van der Waals surface area contributed by atoms with E-state index in [1.165, 1.54) is 60.8 Å². The number of Topliss-reactive ketones (excluding diaryl/α,β-unsaturated/α-hetero) is 3. The predicted molar refractivity (Wildman–Crippen MR) is 522 cm³/mol. The van der Waals surface area contributed by atoms with Crippen molar-refractivity contribution in [3.05, 3.63) is 247 Å². The molecule has 12 rings (SSSR count). The van der Waals surface area contributed by atoms with Crippen molar-refractivity contribution < 1.29 is 173 Å². The second kappa shape index (κ2) is 47.8. The number of benzene rings is 8. The molecule has 16 nitrogen and oxygen atoms in total. The summed E-state index contributed by atoms with van der Waals surface area (Å²) in [4.78, 5) is 78.0. The Bertz CT molecular complexity index is 5710. The molecule has 8 aromatic rings. The predicted octanol–water partition coefficient (Wildman–Crippen LogP) is 19.8. The van der Waals surface area contributed by atoms with Gasteiger partial charge in [0.15, 0.2) is 55.3 Å². The molecule has 0 N–H and O–H groups in total. The van der Waals surface area contributed by atoms with Crippen LogP contribution in [0.4, 0.5) is 57.1 Å². The van der Waals surface area contributed by atoms with Crippen LogP contribution in [0, 0.1) is 77.1 Å². The molecule has 37 heteroatoms. The van der Waals surface area contributed by atoms with Crippen LogP contribution in [0.15, 0.2) is 203 Å². The van der Waals surface area contributed by atoms with Gasteiger partial charge in [-0.25, -0.2) is 34.8 Å². The maximum absolute atomic E-state index is 13.8. The molecule has 0 bridgehead atoms. The van der Waals surface area contributed by atoms with Crippen LogP contribution in [-0.2, 0) is 91.0 Å². The first-order valence-corrected chi connectivity index (χ1v) is 56.4. The summed E-state index contributed by atoms with van der Waals surface area (Å²) in [5, 5.41) is -10.6. The first-order valence-electron chi connectivity index (χ1n) is 44.8. The molecule has 4 aliphatic carbocycles. The monoisotopic (exact) mass is 2590 g/mol. The lowest BCUT2D eigenvalue weighted by molar-refractivity contribution is -0.597. The highest BCUT2D eigenvalue weighted by Gasteiger charge is 2.67. The maximum Gasteiger partial charge on any atom is 0.432 e. The second-order valence-electron chi connectivity index (χ2n) is 39.8. The van der Waals surface area contributed by atoms with Crippen molar-refractivity contribution >= 4 is 134 Å². The molecule has 0 aromatic heterocycles. The number of rotatable bonds is 25. The number of carbonyl (C=O) groups is 6. The molecule has 0 saturated heterocycles. The lowest BCUT2D eigenvalue weighted by Gasteiger charge is -2.58. The van der Waals surface area contributed by atoms with Gasteiger partial charge in [0.1, 0.15) is 28.9 Å². The maximum atomic E-state index is 13.8. The van der Waals surface area contributed by atoms with E-state index < -0.39 is 120 Å². The number of esters is 3. The number of carbonyl (C=O) groups excluding carboxylic acids is 6. The standard InChI is InChI=1S/C30H34F5OS.C27H35F5O8S.C20H26I.C14H13F2I3O7S.C12H9FI/c1-27(2,3)20-8-14-23(15-9-20)37(24-16-10-21(11-17-24)28(4,5)6)25-18-12-22(13-19-25)36-26(29(7,31)32)30(33,34)35;1-13(4-7-21(36)40-23(26(28,29)30)27(31,32)41(37,38)39)16-5-6-17-22-18(12-20(35)25(16,17)3)24(2)9-8-15(33)10-14(24)11-19(22)34;1-19(2,3)15-7-11-17(12-8-15)21-18-13-9-16(10-14-18)20(4,5)6;1-7(14(15,16)27(22,23)24)26-11(20)3-2-4-25-13(21)9-5-8(17)6-10(18)12(9)19;13-10-6-8-12(9-7-10)14-11-4-2-1-3-5-11/h8-19,26H,1-7H3;13-14,16-18,22-23H,4-12H2,1-3H3,(H,37,38,39);7-14H,1-6H3;5-7H,2-4H2,1H3,(H,22,23,24);1-9H/q+1;;+1;;+1/p-2/t;13?,14-,16+,17-,18-,22-,23?,24-,25+;;;/m.0.../s1. The van der Waals surface area contributed by atoms with E-state index in [1.54, 1.807) is 32.0 Å². The Kier molecular flexibility index (Phi) is 40.7. The number of hydrogen-bond donors (Lipinski definition) is 0. The highest BCUT2D eigenvalue weighted by atomic mass is 127. The number of hydrogen-bond acceptors (Lipinski definition) is 16. The molecule has 766 valence electrons. The third kappa shape index (κ3) is 31.7. The Morgan fingerprint density at radius 1 is 0.514 bits per heavy atom. The van der Waals surface area contributed by atoms with Crippen molar-refractivity contribution in [3.63, 3.8) is 0 Å². The van der Waals surface area contributed by atoms with E-state index in [0.717, 1.165) is 21.8 Å². The van der Waals surface area contributed by atoms with E-state index in [0.29, 0.717) is 48.2 Å². The molecule has 140 heavy (non-hydrogen) atoms. The van der Waals surface area contributed by atoms with E-state index in [4.69, 9.17) is 9.47 Å². The summed E-state index contributed by atoms with van der Waals surface area (Å²) < 4.78 is 262. The second-order valence-corrected chi connectivity index (χ2v) is 54.3. The van der Waals surface area contributed by atoms with Gasteiger partial charge in [0.25, 0.3) is 18.1 Å². The Morgan fingerprint density at radius 3 is 1.36 bits per heavy atom. The molecule has 0 heterocycles. The van der Waals surface area contributed by atoms with E-state index in [-0.39, 0.29) is 167 Å². The van der Waals surface area contributed by atoms with Gasteiger partial charge < -0.3 is 28.1 Å². The molecule has 8 aromatic carbocycles. The summed E-state index contributed by atoms with van der Waals surface area (Å²) in [6.45, 7) is 32.6. The zero-order valence-electron chi connectivity index (χ0n) is 80.1. The van der Waals surface area contributed by atoms with Gasteiger partial charge in [-0.2, -0.15) is 43.9 Å². The average Bonchev–Trinajstić information content (AvgIpc) is 1.46. The Morgan fingerprint density at radius 2 is 0.936 bits per heavy atom. The van der Waals surface area contributed by atoms with Crippen LogP contribution < -0.4 is 47.1 Å². The van der Waals surface area contributed by atoms with Gasteiger partial charge in [-0.1, -0.05) is 171 Å². The van der Waals surface area contributed by atoms with Gasteiger partial charge in [0.05, 0.1) is 23.1 Å². The van der Waals surface area contributed by atoms with Crippen molar-refractivity contribution in [3.8, 4) is 5.75 Å². The van der Waals surface area contributed by atoms with Gasteiger partial charge >= 0.3 is 83.2 Å². The molecule has 0 spiro atoms. The highest BCUT2D eigenvalue weighted by Crippen LogP contribution is 2.67. The smallest absolute Gasteiger partial charge is 0.432 e. The summed E-state index contributed by atoms with van der Waals surface area (Å²) in [6.07, 6.45) is -19.8. The number of halogens is 18. The Hall–Kier alpha value is -6.11. The molecule has 4 fully saturated rings. The van der Waals surface area contributed by atoms with Crippen molar-refractivity contribution in [2.45, 2.75) is 272 Å². The van der Waals surface area contributed by atoms with Crippen molar-refractivity contribution in [1.29, 1.82) is 0 Å². The van der Waals surface area contributed by atoms with Crippen LogP contribution in [0.25, 0.3) is 0 Å². The molecular formula is C103H115F13I5O16S3+. The van der Waals surface area contributed by atoms with Gasteiger partial charge in [0.2, 0.25) is 0 Å². The molecule has 0 amide bonds. The summed E-state index contributed by atoms with van der Waals surface area (Å²) >= 11 is 5.92. The van der Waals surface area contributed by atoms with Crippen LogP contribution >= 0.6 is 67.8 Å². The summed E-state index contributed by atoms with van der Waals surface area (Å²) in [5.74, 6) is -9.59. The van der Waals surface area contributed by atoms with Gasteiger partial charge in [-0.15, -0.1) is 0 Å². The fraction of sp³-hybridized carbons (Fsp3) is 0.476. The molecule has 4 unspecified atom stereocenters. The number of ketones is 3. The van der Waals surface area contributed by atoms with Gasteiger partial charge in [0, 0.05) is 67.5 Å². The molecule has 0 radical (unpaired) electrons. The zero-order valence-corrected chi connectivity index (χ0v) is 93.4. The molecule has 4 aliphatic rings. The first-order chi connectivity index (χ1) is 64.3. The van der Waals surface area contributed by atoms with Crippen molar-refractivity contribution in [2.75, 3.05) is 6.61 Å². The topological polar surface area (TPSA) is 254 Å². The quantitative estimate of drug-likeness (QED) is 0.00753. The van der Waals surface area contributed by atoms with Crippen LogP contribution in [0.3, 0.4) is 0 Å². The van der Waals surface area contributed by atoms with Crippen LogP contribution in [-0.4, -0.2) is 115 Å². The van der Waals surface area contributed by atoms with E-state index >= 15 is 0 Å². The van der Waals surface area contributed by atoms with E-state index in [9.17, 15) is 112 Å². The van der Waals surface area contributed by atoms with Crippen LogP contribution in [0.5, 0.6) is 5.75 Å². The minimum atomic E-state index is -6.79. The summed E-state index contributed by atoms with van der Waals surface area (Å²) in [6, 6.07) is 61.7. The minimum absolute atomic E-state index is 0.0130. The third-order valence-electron chi connectivity index (χ3n) is 25.4.